The maximum absolute atomic E-state index is 11.7. The van der Waals surface area contributed by atoms with E-state index in [0.29, 0.717) is 28.8 Å². The van der Waals surface area contributed by atoms with Gasteiger partial charge in [-0.3, -0.25) is 9.69 Å². The van der Waals surface area contributed by atoms with E-state index < -0.39 is 0 Å². The van der Waals surface area contributed by atoms with Crippen LogP contribution >= 0.6 is 23.2 Å². The molecule has 1 aliphatic heterocycles. The van der Waals surface area contributed by atoms with Crippen LogP contribution in [0.5, 0.6) is 0 Å². The van der Waals surface area contributed by atoms with E-state index in [-0.39, 0.29) is 18.6 Å². The van der Waals surface area contributed by atoms with Crippen molar-refractivity contribution in [3.05, 3.63) is 22.3 Å². The molecule has 1 atom stereocenters. The Hall–Kier alpha value is -0.880. The second-order valence-corrected chi connectivity index (χ2v) is 5.05. The molecule has 0 spiro atoms. The monoisotopic (exact) mass is 289 g/mol. The molecule has 1 fully saturated rings. The van der Waals surface area contributed by atoms with E-state index in [2.05, 4.69) is 10.3 Å². The Kier molecular flexibility index (Phi) is 4.40. The number of hydrogen-bond acceptors (Lipinski definition) is 4. The van der Waals surface area contributed by atoms with Gasteiger partial charge in [-0.2, -0.15) is 0 Å². The highest BCUT2D eigenvalue weighted by molar-refractivity contribution is 6.36. The van der Waals surface area contributed by atoms with Crippen molar-refractivity contribution in [3.8, 4) is 0 Å². The highest BCUT2D eigenvalue weighted by atomic mass is 35.5. The topological polar surface area (TPSA) is 65.5 Å². The lowest BCUT2D eigenvalue weighted by Gasteiger charge is -2.14. The van der Waals surface area contributed by atoms with Crippen molar-refractivity contribution in [3.63, 3.8) is 0 Å². The number of aliphatic hydroxyl groups excluding tert-OH is 1. The number of amides is 1. The van der Waals surface area contributed by atoms with Gasteiger partial charge in [0.25, 0.3) is 0 Å². The summed E-state index contributed by atoms with van der Waals surface area (Å²) in [5.41, 5.74) is 0. The number of anilines is 1. The van der Waals surface area contributed by atoms with Gasteiger partial charge in [-0.1, -0.05) is 23.2 Å². The second kappa shape index (κ2) is 5.84. The third-order valence-electron chi connectivity index (χ3n) is 2.68. The normalized spacial score (nSPS) is 20.1. The number of likely N-dealkylation sites (tertiary alicyclic amines) is 1. The molecule has 1 aliphatic rings. The highest BCUT2D eigenvalue weighted by Gasteiger charge is 2.22. The van der Waals surface area contributed by atoms with Gasteiger partial charge in [0.05, 0.1) is 22.7 Å². The summed E-state index contributed by atoms with van der Waals surface area (Å²) in [6, 6.07) is 1.52. The fourth-order valence-corrected chi connectivity index (χ4v) is 2.26. The molecule has 0 bridgehead atoms. The summed E-state index contributed by atoms with van der Waals surface area (Å²) in [5, 5.41) is 12.7. The minimum Gasteiger partial charge on any atom is -0.392 e. The number of nitrogens with zero attached hydrogens (tertiary/aromatic N) is 2. The van der Waals surface area contributed by atoms with Crippen LogP contribution in [0.1, 0.15) is 6.42 Å². The molecule has 0 radical (unpaired) electrons. The number of aromatic nitrogens is 1. The van der Waals surface area contributed by atoms with Crippen LogP contribution in [0.25, 0.3) is 0 Å². The van der Waals surface area contributed by atoms with Crippen LogP contribution in [-0.2, 0) is 4.79 Å². The van der Waals surface area contributed by atoms with Gasteiger partial charge < -0.3 is 10.4 Å². The largest absolute Gasteiger partial charge is 0.392 e. The summed E-state index contributed by atoms with van der Waals surface area (Å²) in [6.07, 6.45) is 1.78. The van der Waals surface area contributed by atoms with Crippen molar-refractivity contribution in [2.45, 2.75) is 12.5 Å². The van der Waals surface area contributed by atoms with E-state index in [9.17, 15) is 9.90 Å². The van der Waals surface area contributed by atoms with Crippen molar-refractivity contribution in [1.29, 1.82) is 0 Å². The molecule has 0 aliphatic carbocycles. The molecule has 1 aromatic rings. The number of carbonyl (C=O) groups is 1. The van der Waals surface area contributed by atoms with E-state index >= 15 is 0 Å². The van der Waals surface area contributed by atoms with Gasteiger partial charge in [0, 0.05) is 19.3 Å². The molecule has 2 rings (SSSR count). The number of hydrogen-bond donors (Lipinski definition) is 2. The predicted molar refractivity (Wildman–Crippen MR) is 70.0 cm³/mol. The van der Waals surface area contributed by atoms with Gasteiger partial charge in [0.1, 0.15) is 0 Å². The number of aliphatic hydroxyl groups is 1. The third-order valence-corrected chi connectivity index (χ3v) is 3.18. The first-order valence-corrected chi connectivity index (χ1v) is 6.31. The minimum atomic E-state index is -0.338. The van der Waals surface area contributed by atoms with Gasteiger partial charge in [-0.25, -0.2) is 4.98 Å². The molecule has 1 amide bonds. The van der Waals surface area contributed by atoms with Crippen LogP contribution in [0.3, 0.4) is 0 Å². The lowest BCUT2D eigenvalue weighted by molar-refractivity contribution is -0.117. The summed E-state index contributed by atoms with van der Waals surface area (Å²) in [4.78, 5) is 17.6. The zero-order chi connectivity index (χ0) is 13.1. The van der Waals surface area contributed by atoms with Crippen LogP contribution in [0.4, 0.5) is 5.82 Å². The molecule has 98 valence electrons. The van der Waals surface area contributed by atoms with Crippen LogP contribution in [0.15, 0.2) is 12.3 Å². The van der Waals surface area contributed by atoms with Crippen LogP contribution in [0.2, 0.25) is 10.0 Å². The molecule has 2 N–H and O–H groups in total. The smallest absolute Gasteiger partial charge is 0.239 e. The third kappa shape index (κ3) is 3.55. The van der Waals surface area contributed by atoms with E-state index in [1.54, 1.807) is 0 Å². The van der Waals surface area contributed by atoms with Crippen LogP contribution in [-0.4, -0.2) is 46.6 Å². The lowest BCUT2D eigenvalue weighted by atomic mass is 10.3. The first-order valence-electron chi connectivity index (χ1n) is 5.56. The van der Waals surface area contributed by atoms with E-state index in [1.165, 1.54) is 12.3 Å². The fraction of sp³-hybridized carbons (Fsp3) is 0.455. The Balaban J connectivity index is 1.91. The summed E-state index contributed by atoms with van der Waals surface area (Å²) >= 11 is 11.6. The molecule has 2 heterocycles. The Labute approximate surface area is 115 Å². The number of carbonyl (C=O) groups excluding carboxylic acids is 1. The van der Waals surface area contributed by atoms with Crippen molar-refractivity contribution in [1.82, 2.24) is 9.88 Å². The maximum Gasteiger partial charge on any atom is 0.239 e. The minimum absolute atomic E-state index is 0.208. The van der Waals surface area contributed by atoms with Crippen molar-refractivity contribution in [2.75, 3.05) is 25.0 Å². The number of pyridine rings is 1. The van der Waals surface area contributed by atoms with Gasteiger partial charge >= 0.3 is 0 Å². The van der Waals surface area contributed by atoms with Crippen molar-refractivity contribution < 1.29 is 9.90 Å². The first-order chi connectivity index (χ1) is 8.54. The average Bonchev–Trinajstić information content (AvgIpc) is 2.68. The molecule has 0 aromatic carbocycles. The van der Waals surface area contributed by atoms with Gasteiger partial charge in [0.2, 0.25) is 5.91 Å². The standard InChI is InChI=1S/C11H13Cl2N3O2/c12-7-3-9(13)11(14-4-7)15-10(18)6-16-2-1-8(17)5-16/h3-4,8,17H,1-2,5-6H2,(H,14,15,18). The maximum atomic E-state index is 11.7. The van der Waals surface area contributed by atoms with Gasteiger partial charge in [0.15, 0.2) is 5.82 Å². The van der Waals surface area contributed by atoms with Crippen molar-refractivity contribution >= 4 is 34.9 Å². The SMILES string of the molecule is O=C(CN1CCC(O)C1)Nc1ncc(Cl)cc1Cl. The number of nitrogens with one attached hydrogen (secondary N) is 1. The van der Waals surface area contributed by atoms with Crippen LogP contribution in [0, 0.1) is 0 Å². The summed E-state index contributed by atoms with van der Waals surface area (Å²) in [5.74, 6) is 0.0895. The second-order valence-electron chi connectivity index (χ2n) is 4.21. The lowest BCUT2D eigenvalue weighted by Crippen LogP contribution is -2.32. The zero-order valence-corrected chi connectivity index (χ0v) is 11.1. The summed E-state index contributed by atoms with van der Waals surface area (Å²) < 4.78 is 0. The molecule has 1 unspecified atom stereocenters. The average molecular weight is 290 g/mol. The zero-order valence-electron chi connectivity index (χ0n) is 9.57. The Bertz CT molecular complexity index is 456. The molecule has 1 saturated heterocycles. The van der Waals surface area contributed by atoms with Crippen molar-refractivity contribution in [2.24, 2.45) is 0 Å². The molecule has 0 saturated carbocycles. The fourth-order valence-electron chi connectivity index (χ4n) is 1.84. The molecular weight excluding hydrogens is 277 g/mol. The van der Waals surface area contributed by atoms with E-state index in [1.807, 2.05) is 4.90 Å². The summed E-state index contributed by atoms with van der Waals surface area (Å²) in [7, 11) is 0. The number of halogens is 2. The molecule has 18 heavy (non-hydrogen) atoms. The molecular formula is C11H13Cl2N3O2. The Morgan fingerprint density at radius 2 is 2.39 bits per heavy atom. The van der Waals surface area contributed by atoms with Crippen LogP contribution < -0.4 is 5.32 Å². The molecule has 5 nitrogen and oxygen atoms in total. The molecule has 7 heteroatoms. The summed E-state index contributed by atoms with van der Waals surface area (Å²) in [6.45, 7) is 1.46. The first kappa shape index (κ1) is 13.5. The number of rotatable bonds is 3. The van der Waals surface area contributed by atoms with Gasteiger partial charge in [-0.15, -0.1) is 0 Å². The predicted octanol–water partition coefficient (Wildman–Crippen LogP) is 1.39. The highest BCUT2D eigenvalue weighted by Crippen LogP contribution is 2.22. The molecule has 1 aromatic heterocycles. The quantitative estimate of drug-likeness (QED) is 0.883. The van der Waals surface area contributed by atoms with E-state index in [0.717, 1.165) is 6.54 Å². The Morgan fingerprint density at radius 1 is 1.61 bits per heavy atom. The van der Waals surface area contributed by atoms with E-state index in [4.69, 9.17) is 23.2 Å². The van der Waals surface area contributed by atoms with Gasteiger partial charge in [-0.05, 0) is 12.5 Å². The number of β-amino-alcohol motifs (C(OH)–C–C–N with tert-alkyl or cyclic N) is 1. The Morgan fingerprint density at radius 3 is 3.00 bits per heavy atom.